The number of nitrogens with zero attached hydrogens (tertiary/aromatic N) is 1. The van der Waals surface area contributed by atoms with E-state index in [0.29, 0.717) is 0 Å². The lowest BCUT2D eigenvalue weighted by atomic mass is 10.0. The van der Waals surface area contributed by atoms with Gasteiger partial charge in [-0.25, -0.2) is 0 Å². The number of nitrogens with two attached hydrogens (primary N) is 1. The molecule has 0 aromatic heterocycles. The van der Waals surface area contributed by atoms with Crippen molar-refractivity contribution in [3.63, 3.8) is 0 Å². The smallest absolute Gasteiger partial charge is 0.304 e. The number of carboxylic acids is 1. The fraction of sp³-hybridized carbons (Fsp3) is 0.875. The Hall–Kier alpha value is -0.610. The molecular formula is C8H18N2O2. The van der Waals surface area contributed by atoms with E-state index >= 15 is 0 Å². The Kier molecular flexibility index (Phi) is 4.85. The highest BCUT2D eigenvalue weighted by Crippen LogP contribution is 2.06. The average molecular weight is 174 g/mol. The topological polar surface area (TPSA) is 66.6 Å². The summed E-state index contributed by atoms with van der Waals surface area (Å²) < 4.78 is 0. The highest BCUT2D eigenvalue weighted by Gasteiger charge is 2.20. The van der Waals surface area contributed by atoms with E-state index in [1.807, 2.05) is 25.9 Å². The lowest BCUT2D eigenvalue weighted by Crippen LogP contribution is -2.45. The van der Waals surface area contributed by atoms with Crippen molar-refractivity contribution in [2.45, 2.75) is 31.8 Å². The molecule has 0 fully saturated rings. The summed E-state index contributed by atoms with van der Waals surface area (Å²) in [6.45, 7) is 2.01. The summed E-state index contributed by atoms with van der Waals surface area (Å²) in [7, 11) is 3.83. The Morgan fingerprint density at radius 2 is 2.08 bits per heavy atom. The van der Waals surface area contributed by atoms with Crippen LogP contribution in [0.3, 0.4) is 0 Å². The van der Waals surface area contributed by atoms with Crippen LogP contribution in [0, 0.1) is 0 Å². The molecule has 2 unspecified atom stereocenters. The highest BCUT2D eigenvalue weighted by molar-refractivity contribution is 5.67. The molecule has 3 N–H and O–H groups in total. The van der Waals surface area contributed by atoms with Gasteiger partial charge in [0.15, 0.2) is 0 Å². The molecule has 0 spiro atoms. The van der Waals surface area contributed by atoms with Crippen LogP contribution < -0.4 is 5.73 Å². The van der Waals surface area contributed by atoms with Crippen molar-refractivity contribution in [2.75, 3.05) is 14.1 Å². The van der Waals surface area contributed by atoms with E-state index in [1.54, 1.807) is 0 Å². The highest BCUT2D eigenvalue weighted by atomic mass is 16.4. The molecular weight excluding hydrogens is 156 g/mol. The van der Waals surface area contributed by atoms with Gasteiger partial charge < -0.3 is 15.7 Å². The zero-order valence-electron chi connectivity index (χ0n) is 7.95. The summed E-state index contributed by atoms with van der Waals surface area (Å²) in [4.78, 5) is 12.3. The molecule has 0 aliphatic carbocycles. The van der Waals surface area contributed by atoms with Crippen LogP contribution >= 0.6 is 0 Å². The number of carbonyl (C=O) groups is 1. The third-order valence-corrected chi connectivity index (χ3v) is 1.99. The number of likely N-dealkylation sites (N-methyl/N-ethyl adjacent to an activating group) is 1. The first-order valence-corrected chi connectivity index (χ1v) is 4.12. The van der Waals surface area contributed by atoms with Crippen molar-refractivity contribution in [1.29, 1.82) is 0 Å². The predicted molar refractivity (Wildman–Crippen MR) is 48.0 cm³/mol. The van der Waals surface area contributed by atoms with Gasteiger partial charge in [-0.15, -0.1) is 0 Å². The van der Waals surface area contributed by atoms with E-state index in [2.05, 4.69) is 0 Å². The monoisotopic (exact) mass is 174 g/mol. The fourth-order valence-corrected chi connectivity index (χ4v) is 1.39. The molecule has 0 aliphatic rings. The number of carboxylic acid groups (broad SMARTS) is 1. The molecule has 0 bridgehead atoms. The molecule has 4 heteroatoms. The Bertz CT molecular complexity index is 148. The van der Waals surface area contributed by atoms with Crippen LogP contribution in [0.5, 0.6) is 0 Å². The summed E-state index contributed by atoms with van der Waals surface area (Å²) in [5.41, 5.74) is 5.71. The van der Waals surface area contributed by atoms with Gasteiger partial charge in [0.1, 0.15) is 0 Å². The van der Waals surface area contributed by atoms with Gasteiger partial charge in [0.2, 0.25) is 0 Å². The third kappa shape index (κ3) is 3.69. The normalized spacial score (nSPS) is 16.1. The SMILES string of the molecule is CCC(C(N)CC(=O)O)N(C)C. The second-order valence-corrected chi connectivity index (χ2v) is 3.20. The van der Waals surface area contributed by atoms with Crippen LogP contribution in [-0.4, -0.2) is 42.2 Å². The Balaban J connectivity index is 4.02. The van der Waals surface area contributed by atoms with Gasteiger partial charge in [-0.1, -0.05) is 6.92 Å². The fourth-order valence-electron chi connectivity index (χ4n) is 1.39. The van der Waals surface area contributed by atoms with Gasteiger partial charge in [0.05, 0.1) is 6.42 Å². The Labute approximate surface area is 73.3 Å². The minimum atomic E-state index is -0.831. The van der Waals surface area contributed by atoms with Crippen LogP contribution in [0.4, 0.5) is 0 Å². The number of rotatable bonds is 5. The largest absolute Gasteiger partial charge is 0.481 e. The maximum atomic E-state index is 10.4. The van der Waals surface area contributed by atoms with Gasteiger partial charge in [0.25, 0.3) is 0 Å². The van der Waals surface area contributed by atoms with Crippen LogP contribution in [0.1, 0.15) is 19.8 Å². The maximum Gasteiger partial charge on any atom is 0.304 e. The molecule has 0 aliphatic heterocycles. The van der Waals surface area contributed by atoms with Crippen molar-refractivity contribution in [3.05, 3.63) is 0 Å². The molecule has 0 amide bonds. The summed E-state index contributed by atoms with van der Waals surface area (Å²) in [6, 6.07) is -0.122. The molecule has 72 valence electrons. The number of hydrogen-bond donors (Lipinski definition) is 2. The second-order valence-electron chi connectivity index (χ2n) is 3.20. The summed E-state index contributed by atoms with van der Waals surface area (Å²) in [6.07, 6.45) is 0.915. The Morgan fingerprint density at radius 1 is 1.58 bits per heavy atom. The molecule has 0 radical (unpaired) electrons. The minimum Gasteiger partial charge on any atom is -0.481 e. The minimum absolute atomic E-state index is 0.0384. The first-order chi connectivity index (χ1) is 5.49. The van der Waals surface area contributed by atoms with Gasteiger partial charge >= 0.3 is 5.97 Å². The van der Waals surface area contributed by atoms with E-state index in [9.17, 15) is 4.79 Å². The zero-order valence-corrected chi connectivity index (χ0v) is 7.95. The van der Waals surface area contributed by atoms with E-state index in [0.717, 1.165) is 6.42 Å². The third-order valence-electron chi connectivity index (χ3n) is 1.99. The number of hydrogen-bond acceptors (Lipinski definition) is 3. The summed E-state index contributed by atoms with van der Waals surface area (Å²) >= 11 is 0. The zero-order chi connectivity index (χ0) is 9.72. The predicted octanol–water partition coefficient (Wildman–Crippen LogP) is 0.129. The van der Waals surface area contributed by atoms with Crippen molar-refractivity contribution in [3.8, 4) is 0 Å². The standard InChI is InChI=1S/C8H18N2O2/c1-4-7(10(2)3)6(9)5-8(11)12/h6-7H,4-5,9H2,1-3H3,(H,11,12). The molecule has 0 saturated carbocycles. The van der Waals surface area contributed by atoms with Crippen LogP contribution in [0.15, 0.2) is 0 Å². The van der Waals surface area contributed by atoms with Crippen molar-refractivity contribution >= 4 is 5.97 Å². The molecule has 4 nitrogen and oxygen atoms in total. The summed E-state index contributed by atoms with van der Waals surface area (Å²) in [5, 5.41) is 8.51. The van der Waals surface area contributed by atoms with Crippen molar-refractivity contribution in [1.82, 2.24) is 4.90 Å². The van der Waals surface area contributed by atoms with Gasteiger partial charge in [-0.05, 0) is 20.5 Å². The second kappa shape index (κ2) is 5.11. The first kappa shape index (κ1) is 11.4. The van der Waals surface area contributed by atoms with Gasteiger partial charge in [-0.2, -0.15) is 0 Å². The molecule has 0 saturated heterocycles. The molecule has 0 rings (SSSR count). The quantitative estimate of drug-likeness (QED) is 0.621. The molecule has 0 heterocycles. The van der Waals surface area contributed by atoms with E-state index in [-0.39, 0.29) is 18.5 Å². The van der Waals surface area contributed by atoms with E-state index in [4.69, 9.17) is 10.8 Å². The van der Waals surface area contributed by atoms with E-state index in [1.165, 1.54) is 0 Å². The van der Waals surface area contributed by atoms with Crippen LogP contribution in [-0.2, 0) is 4.79 Å². The molecule has 2 atom stereocenters. The average Bonchev–Trinajstić information content (AvgIpc) is 1.85. The first-order valence-electron chi connectivity index (χ1n) is 4.12. The molecule has 0 aromatic carbocycles. The van der Waals surface area contributed by atoms with E-state index < -0.39 is 5.97 Å². The lowest BCUT2D eigenvalue weighted by Gasteiger charge is -2.27. The maximum absolute atomic E-state index is 10.4. The Morgan fingerprint density at radius 3 is 2.33 bits per heavy atom. The number of aliphatic carboxylic acids is 1. The summed E-state index contributed by atoms with van der Waals surface area (Å²) in [5.74, 6) is -0.831. The van der Waals surface area contributed by atoms with Gasteiger partial charge in [-0.3, -0.25) is 4.79 Å². The van der Waals surface area contributed by atoms with Crippen LogP contribution in [0.25, 0.3) is 0 Å². The lowest BCUT2D eigenvalue weighted by molar-refractivity contribution is -0.137. The van der Waals surface area contributed by atoms with Crippen molar-refractivity contribution < 1.29 is 9.90 Å². The molecule has 12 heavy (non-hydrogen) atoms. The molecule has 0 aromatic rings. The van der Waals surface area contributed by atoms with Gasteiger partial charge in [0, 0.05) is 12.1 Å². The van der Waals surface area contributed by atoms with Crippen molar-refractivity contribution in [2.24, 2.45) is 5.73 Å². The van der Waals surface area contributed by atoms with Crippen LogP contribution in [0.2, 0.25) is 0 Å².